The van der Waals surface area contributed by atoms with Gasteiger partial charge in [0.15, 0.2) is 5.79 Å². The van der Waals surface area contributed by atoms with Gasteiger partial charge < -0.3 is 9.47 Å². The van der Waals surface area contributed by atoms with E-state index in [9.17, 15) is 0 Å². The lowest BCUT2D eigenvalue weighted by molar-refractivity contribution is -0.189. The quantitative estimate of drug-likeness (QED) is 0.796. The van der Waals surface area contributed by atoms with Crippen LogP contribution in [0.5, 0.6) is 0 Å². The van der Waals surface area contributed by atoms with Crippen molar-refractivity contribution in [1.29, 1.82) is 0 Å². The third-order valence-corrected chi connectivity index (χ3v) is 3.92. The van der Waals surface area contributed by atoms with Gasteiger partial charge in [0.25, 0.3) is 0 Å². The first kappa shape index (κ1) is 12.1. The minimum Gasteiger partial charge on any atom is -0.346 e. The highest BCUT2D eigenvalue weighted by Crippen LogP contribution is 2.29. The number of ether oxygens (including phenoxy) is 2. The lowest BCUT2D eigenvalue weighted by atomic mass is 10.0. The molecule has 0 aromatic carbocycles. The van der Waals surface area contributed by atoms with Crippen LogP contribution in [0, 0.1) is 0 Å². The minimum absolute atomic E-state index is 0.301. The van der Waals surface area contributed by atoms with E-state index >= 15 is 0 Å². The summed E-state index contributed by atoms with van der Waals surface area (Å²) in [6.07, 6.45) is 5.09. The number of likely N-dealkylation sites (tertiary alicyclic amines) is 1. The Bertz CT molecular complexity index is 399. The van der Waals surface area contributed by atoms with Crippen LogP contribution in [0.3, 0.4) is 0 Å². The van der Waals surface area contributed by atoms with E-state index in [-0.39, 0.29) is 5.79 Å². The van der Waals surface area contributed by atoms with E-state index in [2.05, 4.69) is 16.1 Å². The van der Waals surface area contributed by atoms with E-state index in [4.69, 9.17) is 9.47 Å². The third kappa shape index (κ3) is 2.43. The molecular weight excluding hydrogens is 230 g/mol. The van der Waals surface area contributed by atoms with Crippen LogP contribution in [0.15, 0.2) is 12.3 Å². The highest BCUT2D eigenvalue weighted by molar-refractivity contribution is 5.00. The number of aryl methyl sites for hydroxylation is 1. The van der Waals surface area contributed by atoms with Crippen molar-refractivity contribution in [2.45, 2.75) is 25.0 Å². The summed E-state index contributed by atoms with van der Waals surface area (Å²) in [5, 5.41) is 4.20. The molecule has 5 nitrogen and oxygen atoms in total. The zero-order valence-electron chi connectivity index (χ0n) is 11.0. The maximum absolute atomic E-state index is 5.79. The zero-order valence-corrected chi connectivity index (χ0v) is 11.0. The maximum atomic E-state index is 5.79. The highest BCUT2D eigenvalue weighted by Gasteiger charge is 2.40. The molecule has 0 aliphatic carbocycles. The van der Waals surface area contributed by atoms with Gasteiger partial charge in [-0.05, 0) is 19.0 Å². The van der Waals surface area contributed by atoms with Gasteiger partial charge in [-0.1, -0.05) is 0 Å². The first-order valence-corrected chi connectivity index (χ1v) is 6.75. The van der Waals surface area contributed by atoms with Crippen LogP contribution < -0.4 is 0 Å². The second-order valence-corrected chi connectivity index (χ2v) is 5.18. The molecule has 0 N–H and O–H groups in total. The van der Waals surface area contributed by atoms with Crippen molar-refractivity contribution in [3.63, 3.8) is 0 Å². The first-order valence-electron chi connectivity index (χ1n) is 6.75. The van der Waals surface area contributed by atoms with Crippen LogP contribution in [0.25, 0.3) is 0 Å². The number of hydrogen-bond donors (Lipinski definition) is 0. The number of rotatable bonds is 3. The second-order valence-electron chi connectivity index (χ2n) is 5.18. The van der Waals surface area contributed by atoms with Crippen LogP contribution in [0.4, 0.5) is 0 Å². The van der Waals surface area contributed by atoms with Crippen LogP contribution in [-0.4, -0.2) is 53.3 Å². The lowest BCUT2D eigenvalue weighted by Gasteiger charge is -2.38. The Morgan fingerprint density at radius 3 is 2.94 bits per heavy atom. The summed E-state index contributed by atoms with van der Waals surface area (Å²) in [7, 11) is 2.00. The standard InChI is InChI=1S/C13H21N3O2/c1-15-12(3-6-14-15)4-8-16-7-2-5-13(11-16)17-9-10-18-13/h3,6H,2,4-5,7-11H2,1H3. The molecule has 2 aliphatic heterocycles. The van der Waals surface area contributed by atoms with Crippen molar-refractivity contribution < 1.29 is 9.47 Å². The van der Waals surface area contributed by atoms with Crippen LogP contribution in [0.2, 0.25) is 0 Å². The van der Waals surface area contributed by atoms with E-state index < -0.39 is 0 Å². The second kappa shape index (κ2) is 4.99. The summed E-state index contributed by atoms with van der Waals surface area (Å²) in [6, 6.07) is 2.09. The maximum Gasteiger partial charge on any atom is 0.181 e. The van der Waals surface area contributed by atoms with Crippen molar-refractivity contribution >= 4 is 0 Å². The molecule has 2 fully saturated rings. The Balaban J connectivity index is 1.55. The van der Waals surface area contributed by atoms with Crippen molar-refractivity contribution in [1.82, 2.24) is 14.7 Å². The Kier molecular flexibility index (Phi) is 3.37. The molecule has 0 bridgehead atoms. The third-order valence-electron chi connectivity index (χ3n) is 3.92. The molecule has 1 spiro atoms. The summed E-state index contributed by atoms with van der Waals surface area (Å²) in [5.41, 5.74) is 1.28. The molecule has 0 atom stereocenters. The Morgan fingerprint density at radius 2 is 2.22 bits per heavy atom. The van der Waals surface area contributed by atoms with E-state index in [1.54, 1.807) is 0 Å². The molecule has 0 amide bonds. The molecule has 18 heavy (non-hydrogen) atoms. The predicted octanol–water partition coefficient (Wildman–Crippen LogP) is 0.801. The molecule has 1 aromatic rings. The molecule has 3 rings (SSSR count). The molecule has 2 aliphatic rings. The van der Waals surface area contributed by atoms with Gasteiger partial charge in [-0.2, -0.15) is 5.10 Å². The Hall–Kier alpha value is -0.910. The van der Waals surface area contributed by atoms with Gasteiger partial charge in [0.2, 0.25) is 0 Å². The minimum atomic E-state index is -0.301. The molecule has 0 unspecified atom stereocenters. The Morgan fingerprint density at radius 1 is 1.39 bits per heavy atom. The first-order chi connectivity index (χ1) is 8.77. The summed E-state index contributed by atoms with van der Waals surface area (Å²) in [5.74, 6) is -0.301. The average Bonchev–Trinajstić information content (AvgIpc) is 2.97. The number of aromatic nitrogens is 2. The largest absolute Gasteiger partial charge is 0.346 e. The normalized spacial score (nSPS) is 23.8. The van der Waals surface area contributed by atoms with Gasteiger partial charge in [0.05, 0.1) is 19.8 Å². The monoisotopic (exact) mass is 251 g/mol. The average molecular weight is 251 g/mol. The van der Waals surface area contributed by atoms with Gasteiger partial charge in [0.1, 0.15) is 0 Å². The van der Waals surface area contributed by atoms with Gasteiger partial charge >= 0.3 is 0 Å². The summed E-state index contributed by atoms with van der Waals surface area (Å²) in [6.45, 7) is 4.59. The van der Waals surface area contributed by atoms with Crippen LogP contribution in [-0.2, 0) is 22.9 Å². The van der Waals surface area contributed by atoms with E-state index in [0.29, 0.717) is 0 Å². The number of hydrogen-bond acceptors (Lipinski definition) is 4. The van der Waals surface area contributed by atoms with Crippen molar-refractivity contribution in [3.05, 3.63) is 18.0 Å². The summed E-state index contributed by atoms with van der Waals surface area (Å²) >= 11 is 0. The van der Waals surface area contributed by atoms with Gasteiger partial charge in [0, 0.05) is 38.3 Å². The van der Waals surface area contributed by atoms with Crippen molar-refractivity contribution in [2.75, 3.05) is 32.8 Å². The van der Waals surface area contributed by atoms with Crippen LogP contribution in [0.1, 0.15) is 18.5 Å². The van der Waals surface area contributed by atoms with E-state index in [1.807, 2.05) is 17.9 Å². The highest BCUT2D eigenvalue weighted by atomic mass is 16.7. The molecule has 5 heteroatoms. The molecular formula is C13H21N3O2. The van der Waals surface area contributed by atoms with Gasteiger partial charge in [-0.25, -0.2) is 0 Å². The topological polar surface area (TPSA) is 39.5 Å². The summed E-state index contributed by atoms with van der Waals surface area (Å²) < 4.78 is 13.5. The molecule has 3 heterocycles. The number of piperidine rings is 1. The SMILES string of the molecule is Cn1nccc1CCN1CCCC2(C1)OCCO2. The molecule has 0 radical (unpaired) electrons. The van der Waals surface area contributed by atoms with Gasteiger partial charge in [-0.15, -0.1) is 0 Å². The van der Waals surface area contributed by atoms with E-state index in [1.165, 1.54) is 5.69 Å². The molecule has 0 saturated carbocycles. The smallest absolute Gasteiger partial charge is 0.181 e. The lowest BCUT2D eigenvalue weighted by Crippen LogP contribution is -2.49. The fourth-order valence-electron chi connectivity index (χ4n) is 2.91. The van der Waals surface area contributed by atoms with Crippen LogP contribution >= 0.6 is 0 Å². The van der Waals surface area contributed by atoms with Crippen molar-refractivity contribution in [3.8, 4) is 0 Å². The van der Waals surface area contributed by atoms with E-state index in [0.717, 1.165) is 52.1 Å². The molecule has 100 valence electrons. The predicted molar refractivity (Wildman–Crippen MR) is 67.2 cm³/mol. The zero-order chi connectivity index (χ0) is 12.4. The molecule has 2 saturated heterocycles. The fourth-order valence-corrected chi connectivity index (χ4v) is 2.91. The number of nitrogens with zero attached hydrogens (tertiary/aromatic N) is 3. The van der Waals surface area contributed by atoms with Crippen molar-refractivity contribution in [2.24, 2.45) is 7.05 Å². The fraction of sp³-hybridized carbons (Fsp3) is 0.769. The van der Waals surface area contributed by atoms with Gasteiger partial charge in [-0.3, -0.25) is 9.58 Å². The molecule has 1 aromatic heterocycles. The Labute approximate surface area is 108 Å². The summed E-state index contributed by atoms with van der Waals surface area (Å²) in [4.78, 5) is 2.45.